The molecule has 0 amide bonds. The highest BCUT2D eigenvalue weighted by atomic mass is 14.9. The molecule has 0 saturated carbocycles. The molecule has 0 atom stereocenters. The first-order chi connectivity index (χ1) is 9.78. The minimum absolute atomic E-state index is 0.582. The van der Waals surface area contributed by atoms with E-state index < -0.39 is 0 Å². The first-order valence-corrected chi connectivity index (χ1v) is 6.95. The molecule has 0 radical (unpaired) electrons. The Kier molecular flexibility index (Phi) is 3.30. The summed E-state index contributed by atoms with van der Waals surface area (Å²) >= 11 is 0. The maximum Gasteiger partial charge on any atom is 0.101 e. The number of fused-ring (bicyclic) bond motifs is 1. The second-order valence-electron chi connectivity index (χ2n) is 5.19. The summed E-state index contributed by atoms with van der Waals surface area (Å²) in [6.45, 7) is 0. The molecule has 0 bridgehead atoms. The Labute approximate surface area is 119 Å². The SMILES string of the molecule is N#Cc1cc(N)ccc1Nc1cccc2c1CCCC2. The highest BCUT2D eigenvalue weighted by Crippen LogP contribution is 2.31. The largest absolute Gasteiger partial charge is 0.399 e. The van der Waals surface area contributed by atoms with Crippen LogP contribution < -0.4 is 11.1 Å². The number of hydrogen-bond donors (Lipinski definition) is 2. The molecular formula is C17H17N3. The van der Waals surface area contributed by atoms with E-state index in [0.29, 0.717) is 11.3 Å². The average molecular weight is 263 g/mol. The van der Waals surface area contributed by atoms with Crippen molar-refractivity contribution in [2.24, 2.45) is 0 Å². The van der Waals surface area contributed by atoms with Crippen LogP contribution in [0, 0.1) is 11.3 Å². The van der Waals surface area contributed by atoms with Crippen molar-refractivity contribution in [1.29, 1.82) is 5.26 Å². The maximum absolute atomic E-state index is 9.21. The van der Waals surface area contributed by atoms with Gasteiger partial charge in [-0.3, -0.25) is 0 Å². The predicted molar refractivity (Wildman–Crippen MR) is 81.9 cm³/mol. The number of nitrogens with one attached hydrogen (secondary N) is 1. The van der Waals surface area contributed by atoms with Crippen molar-refractivity contribution < 1.29 is 0 Å². The third kappa shape index (κ3) is 2.33. The first-order valence-electron chi connectivity index (χ1n) is 6.95. The van der Waals surface area contributed by atoms with Crippen molar-refractivity contribution in [3.8, 4) is 6.07 Å². The normalized spacial score (nSPS) is 13.3. The molecule has 0 fully saturated rings. The van der Waals surface area contributed by atoms with Crippen LogP contribution in [0.4, 0.5) is 17.1 Å². The average Bonchev–Trinajstić information content (AvgIpc) is 2.49. The summed E-state index contributed by atoms with van der Waals surface area (Å²) in [5, 5.41) is 12.6. The number of nitrogen functional groups attached to an aromatic ring is 1. The summed E-state index contributed by atoms with van der Waals surface area (Å²) in [7, 11) is 0. The van der Waals surface area contributed by atoms with E-state index in [1.54, 1.807) is 6.07 Å². The molecule has 3 heteroatoms. The maximum atomic E-state index is 9.21. The van der Waals surface area contributed by atoms with Crippen LogP contribution in [-0.2, 0) is 12.8 Å². The lowest BCUT2D eigenvalue weighted by molar-refractivity contribution is 0.687. The molecule has 0 spiro atoms. The number of anilines is 3. The van der Waals surface area contributed by atoms with Crippen LogP contribution in [0.25, 0.3) is 0 Å². The number of nitriles is 1. The van der Waals surface area contributed by atoms with Crippen LogP contribution in [0.3, 0.4) is 0 Å². The Morgan fingerprint density at radius 3 is 2.75 bits per heavy atom. The molecule has 3 N–H and O–H groups in total. The highest BCUT2D eigenvalue weighted by molar-refractivity contribution is 5.71. The molecule has 2 aromatic carbocycles. The first kappa shape index (κ1) is 12.6. The lowest BCUT2D eigenvalue weighted by Gasteiger charge is -2.20. The van der Waals surface area contributed by atoms with Crippen molar-refractivity contribution >= 4 is 17.1 Å². The zero-order valence-corrected chi connectivity index (χ0v) is 11.3. The fourth-order valence-corrected chi connectivity index (χ4v) is 2.81. The van der Waals surface area contributed by atoms with Crippen LogP contribution in [0.15, 0.2) is 36.4 Å². The molecule has 0 heterocycles. The molecule has 0 unspecified atom stereocenters. The van der Waals surface area contributed by atoms with Gasteiger partial charge in [-0.25, -0.2) is 0 Å². The van der Waals surface area contributed by atoms with Gasteiger partial charge in [0.1, 0.15) is 6.07 Å². The fourth-order valence-electron chi connectivity index (χ4n) is 2.81. The van der Waals surface area contributed by atoms with Gasteiger partial charge in [-0.05, 0) is 61.1 Å². The van der Waals surface area contributed by atoms with Crippen LogP contribution in [0.2, 0.25) is 0 Å². The Balaban J connectivity index is 1.98. The molecular weight excluding hydrogens is 246 g/mol. The van der Waals surface area contributed by atoms with Crippen molar-refractivity contribution in [1.82, 2.24) is 0 Å². The van der Waals surface area contributed by atoms with E-state index in [2.05, 4.69) is 29.6 Å². The standard InChI is InChI=1S/C17H17N3/c18-11-13-10-14(19)8-9-16(13)20-17-7-3-5-12-4-1-2-6-15(12)17/h3,5,7-10,20H,1-2,4,6,19H2. The summed E-state index contributed by atoms with van der Waals surface area (Å²) < 4.78 is 0. The summed E-state index contributed by atoms with van der Waals surface area (Å²) in [6.07, 6.45) is 4.76. The monoisotopic (exact) mass is 263 g/mol. The zero-order chi connectivity index (χ0) is 13.9. The number of nitrogens with zero attached hydrogens (tertiary/aromatic N) is 1. The van der Waals surface area contributed by atoms with Gasteiger partial charge in [0.25, 0.3) is 0 Å². The third-order valence-electron chi connectivity index (χ3n) is 3.83. The molecule has 0 aliphatic heterocycles. The lowest BCUT2D eigenvalue weighted by atomic mass is 9.90. The molecule has 1 aliphatic carbocycles. The van der Waals surface area contributed by atoms with Gasteiger partial charge in [0.05, 0.1) is 11.3 Å². The number of hydrogen-bond acceptors (Lipinski definition) is 3. The minimum Gasteiger partial charge on any atom is -0.399 e. The zero-order valence-electron chi connectivity index (χ0n) is 11.3. The van der Waals surface area contributed by atoms with Crippen molar-refractivity contribution in [2.45, 2.75) is 25.7 Å². The molecule has 2 aromatic rings. The quantitative estimate of drug-likeness (QED) is 0.811. The highest BCUT2D eigenvalue weighted by Gasteiger charge is 2.13. The molecule has 0 aromatic heterocycles. The lowest BCUT2D eigenvalue weighted by Crippen LogP contribution is -2.06. The Morgan fingerprint density at radius 1 is 1.05 bits per heavy atom. The van der Waals surface area contributed by atoms with Gasteiger partial charge in [0.15, 0.2) is 0 Å². The van der Waals surface area contributed by atoms with Crippen molar-refractivity contribution in [3.05, 3.63) is 53.1 Å². The van der Waals surface area contributed by atoms with E-state index in [4.69, 9.17) is 5.73 Å². The van der Waals surface area contributed by atoms with E-state index >= 15 is 0 Å². The van der Waals surface area contributed by atoms with Gasteiger partial charge >= 0.3 is 0 Å². The number of nitrogens with two attached hydrogens (primary N) is 1. The van der Waals surface area contributed by atoms with E-state index in [9.17, 15) is 5.26 Å². The van der Waals surface area contributed by atoms with E-state index in [0.717, 1.165) is 24.2 Å². The van der Waals surface area contributed by atoms with Crippen LogP contribution >= 0.6 is 0 Å². The Hall–Kier alpha value is -2.47. The number of rotatable bonds is 2. The van der Waals surface area contributed by atoms with Crippen LogP contribution in [0.5, 0.6) is 0 Å². The Bertz CT molecular complexity index is 683. The molecule has 1 aliphatic rings. The second kappa shape index (κ2) is 5.26. The molecule has 3 nitrogen and oxygen atoms in total. The molecule has 3 rings (SSSR count). The smallest absolute Gasteiger partial charge is 0.101 e. The number of aryl methyl sites for hydroxylation is 1. The summed E-state index contributed by atoms with van der Waals surface area (Å²) in [4.78, 5) is 0. The van der Waals surface area contributed by atoms with Gasteiger partial charge in [-0.1, -0.05) is 12.1 Å². The van der Waals surface area contributed by atoms with Gasteiger partial charge in [-0.2, -0.15) is 5.26 Å². The van der Waals surface area contributed by atoms with E-state index in [-0.39, 0.29) is 0 Å². The van der Waals surface area contributed by atoms with Gasteiger partial charge in [0, 0.05) is 11.4 Å². The predicted octanol–water partition coefficient (Wildman–Crippen LogP) is 3.76. The fraction of sp³-hybridized carbons (Fsp3) is 0.235. The Morgan fingerprint density at radius 2 is 1.90 bits per heavy atom. The van der Waals surface area contributed by atoms with E-state index in [1.165, 1.54) is 24.0 Å². The molecule has 20 heavy (non-hydrogen) atoms. The minimum atomic E-state index is 0.582. The topological polar surface area (TPSA) is 61.8 Å². The van der Waals surface area contributed by atoms with E-state index in [1.807, 2.05) is 12.1 Å². The second-order valence-corrected chi connectivity index (χ2v) is 5.19. The summed E-state index contributed by atoms with van der Waals surface area (Å²) in [5.41, 5.74) is 11.7. The van der Waals surface area contributed by atoms with Crippen molar-refractivity contribution in [2.75, 3.05) is 11.1 Å². The molecule has 0 saturated heterocycles. The van der Waals surface area contributed by atoms with Gasteiger partial charge in [-0.15, -0.1) is 0 Å². The molecule has 100 valence electrons. The van der Waals surface area contributed by atoms with Crippen LogP contribution in [0.1, 0.15) is 29.5 Å². The number of benzene rings is 2. The van der Waals surface area contributed by atoms with Gasteiger partial charge < -0.3 is 11.1 Å². The summed E-state index contributed by atoms with van der Waals surface area (Å²) in [6, 6.07) is 14.0. The van der Waals surface area contributed by atoms with Gasteiger partial charge in [0.2, 0.25) is 0 Å². The van der Waals surface area contributed by atoms with Crippen molar-refractivity contribution in [3.63, 3.8) is 0 Å². The van der Waals surface area contributed by atoms with Crippen LogP contribution in [-0.4, -0.2) is 0 Å². The summed E-state index contributed by atoms with van der Waals surface area (Å²) in [5.74, 6) is 0. The third-order valence-corrected chi connectivity index (χ3v) is 3.83.